The van der Waals surface area contributed by atoms with E-state index in [1.54, 1.807) is 0 Å². The second kappa shape index (κ2) is 16.6. The molecular weight excluding hydrogens is 889 g/mol. The Morgan fingerprint density at radius 1 is 0.278 bits per heavy atom. The fourth-order valence-corrected chi connectivity index (χ4v) is 16.8. The summed E-state index contributed by atoms with van der Waals surface area (Å²) in [7, 11) is -3.05. The van der Waals surface area contributed by atoms with Gasteiger partial charge in [-0.25, -0.2) is 0 Å². The van der Waals surface area contributed by atoms with Crippen molar-refractivity contribution >= 4 is 94.2 Å². The molecule has 11 aromatic carbocycles. The molecule has 0 saturated carbocycles. The van der Waals surface area contributed by atoms with Gasteiger partial charge < -0.3 is 13.7 Å². The van der Waals surface area contributed by atoms with Crippen LogP contribution in [0.25, 0.3) is 93.6 Å². The van der Waals surface area contributed by atoms with Gasteiger partial charge in [0.05, 0.1) is 50.2 Å². The molecule has 14 aromatic rings. The Morgan fingerprint density at radius 3 is 0.889 bits per heavy atom. The normalized spacial score (nSPS) is 11.9. The molecule has 14 rings (SSSR count). The van der Waals surface area contributed by atoms with Crippen molar-refractivity contribution in [2.75, 3.05) is 0 Å². The molecule has 5 heteroatoms. The SMILES string of the molecule is N#Cc1c(-n2c3ccccc3c3ccccc32)cc(-c2cc([Si](c3ccccc3)(c3ccccc3)c3ccccc3)ccc2-n2c3ccccc3c3ccccc32)cc1-n1c2ccccc2c2ccccc21. The van der Waals surface area contributed by atoms with Gasteiger partial charge in [0, 0.05) is 37.9 Å². The first kappa shape index (κ1) is 41.5. The van der Waals surface area contributed by atoms with Crippen molar-refractivity contribution in [1.29, 1.82) is 5.26 Å². The van der Waals surface area contributed by atoms with Gasteiger partial charge in [-0.2, -0.15) is 5.26 Å². The average molecular weight is 933 g/mol. The highest BCUT2D eigenvalue weighted by Crippen LogP contribution is 2.42. The average Bonchev–Trinajstić information content (AvgIpc) is 4.10. The van der Waals surface area contributed by atoms with Crippen molar-refractivity contribution in [2.24, 2.45) is 0 Å². The minimum atomic E-state index is -3.05. The summed E-state index contributed by atoms with van der Waals surface area (Å²) in [5, 5.41) is 23.9. The topological polar surface area (TPSA) is 38.6 Å². The molecule has 0 bridgehead atoms. The number of aromatic nitrogens is 3. The molecule has 0 atom stereocenters. The van der Waals surface area contributed by atoms with Crippen LogP contribution in [-0.2, 0) is 0 Å². The van der Waals surface area contributed by atoms with Crippen molar-refractivity contribution in [3.63, 3.8) is 0 Å². The smallest absolute Gasteiger partial charge is 0.179 e. The molecule has 0 unspecified atom stereocenters. The quantitative estimate of drug-likeness (QED) is 0.111. The fraction of sp³-hybridized carbons (Fsp3) is 0. The van der Waals surface area contributed by atoms with Gasteiger partial charge in [0.15, 0.2) is 8.07 Å². The van der Waals surface area contributed by atoms with Gasteiger partial charge in [0.1, 0.15) is 11.6 Å². The first-order valence-electron chi connectivity index (χ1n) is 24.6. The van der Waals surface area contributed by atoms with Crippen molar-refractivity contribution in [3.05, 3.63) is 272 Å². The van der Waals surface area contributed by atoms with Gasteiger partial charge in [-0.15, -0.1) is 0 Å². The monoisotopic (exact) mass is 932 g/mol. The molecule has 0 N–H and O–H groups in total. The van der Waals surface area contributed by atoms with Gasteiger partial charge in [-0.05, 0) is 80.9 Å². The van der Waals surface area contributed by atoms with Gasteiger partial charge in [0.25, 0.3) is 0 Å². The van der Waals surface area contributed by atoms with Gasteiger partial charge >= 0.3 is 0 Å². The molecule has 336 valence electrons. The number of hydrogen-bond acceptors (Lipinski definition) is 1. The van der Waals surface area contributed by atoms with Crippen LogP contribution in [0.2, 0.25) is 0 Å². The third kappa shape index (κ3) is 6.10. The van der Waals surface area contributed by atoms with Crippen molar-refractivity contribution in [2.45, 2.75) is 0 Å². The third-order valence-corrected chi connectivity index (χ3v) is 19.8. The Morgan fingerprint density at radius 2 is 0.569 bits per heavy atom. The minimum Gasteiger partial charge on any atom is -0.309 e. The Balaban J connectivity index is 1.19. The first-order valence-corrected chi connectivity index (χ1v) is 26.6. The molecule has 0 fully saturated rings. The van der Waals surface area contributed by atoms with Gasteiger partial charge in [-0.1, -0.05) is 212 Å². The largest absolute Gasteiger partial charge is 0.309 e. The van der Waals surface area contributed by atoms with E-state index in [9.17, 15) is 5.26 Å². The Labute approximate surface area is 417 Å². The number of hydrogen-bond donors (Lipinski definition) is 0. The van der Waals surface area contributed by atoms with Crippen LogP contribution in [0.1, 0.15) is 5.56 Å². The zero-order valence-electron chi connectivity index (χ0n) is 39.2. The summed E-state index contributed by atoms with van der Waals surface area (Å²) in [6.45, 7) is 0. The van der Waals surface area contributed by atoms with E-state index in [4.69, 9.17) is 0 Å². The summed E-state index contributed by atoms with van der Waals surface area (Å²) in [5.74, 6) is 0. The van der Waals surface area contributed by atoms with E-state index in [1.807, 2.05) is 0 Å². The number of para-hydroxylation sites is 6. The minimum absolute atomic E-state index is 0.591. The highest BCUT2D eigenvalue weighted by Gasteiger charge is 2.42. The fourth-order valence-electron chi connectivity index (χ4n) is 12.0. The lowest BCUT2D eigenvalue weighted by molar-refractivity contribution is 1.12. The van der Waals surface area contributed by atoms with Crippen LogP contribution in [0.5, 0.6) is 0 Å². The number of fused-ring (bicyclic) bond motifs is 9. The predicted molar refractivity (Wildman–Crippen MR) is 303 cm³/mol. The predicted octanol–water partition coefficient (Wildman–Crippen LogP) is 13.9. The maximum atomic E-state index is 11.8. The number of rotatable bonds is 8. The van der Waals surface area contributed by atoms with E-state index in [2.05, 4.69) is 287 Å². The van der Waals surface area contributed by atoms with Crippen LogP contribution in [0, 0.1) is 11.3 Å². The van der Waals surface area contributed by atoms with Crippen LogP contribution in [0.4, 0.5) is 0 Å². The zero-order valence-corrected chi connectivity index (χ0v) is 40.2. The Hall–Kier alpha value is -9.47. The van der Waals surface area contributed by atoms with E-state index in [-0.39, 0.29) is 0 Å². The lowest BCUT2D eigenvalue weighted by atomic mass is 9.98. The molecule has 0 aliphatic heterocycles. The maximum Gasteiger partial charge on any atom is 0.179 e. The summed E-state index contributed by atoms with van der Waals surface area (Å²) in [6, 6.07) is 100. The lowest BCUT2D eigenvalue weighted by Crippen LogP contribution is -2.74. The third-order valence-electron chi connectivity index (χ3n) is 15.0. The Bertz CT molecular complexity index is 4070. The van der Waals surface area contributed by atoms with Crippen LogP contribution in [0.15, 0.2) is 267 Å². The van der Waals surface area contributed by atoms with E-state index in [0.29, 0.717) is 5.56 Å². The summed E-state index contributed by atoms with van der Waals surface area (Å²) in [4.78, 5) is 0. The molecule has 3 aromatic heterocycles. The van der Waals surface area contributed by atoms with Crippen molar-refractivity contribution < 1.29 is 0 Å². The van der Waals surface area contributed by atoms with Crippen LogP contribution in [-0.4, -0.2) is 21.8 Å². The molecule has 0 spiro atoms. The van der Waals surface area contributed by atoms with Crippen molar-refractivity contribution in [1.82, 2.24) is 13.7 Å². The standard InChI is InChI=1S/C67H44N4Si/c68-45-58-66(70-61-36-18-12-30-53(61)54-31-13-19-37-62(54)70)42-46(43-67(58)71-63-38-20-14-32-55(63)56-33-15-21-39-64(56)71)57-44-50(40-41-65(57)69-59-34-16-10-28-51(59)52-29-11-17-35-60(52)69)72(47-22-4-1-5-23-47,48-24-6-2-7-25-48)49-26-8-3-9-27-49/h1-44H. The molecule has 0 aliphatic carbocycles. The van der Waals surface area contributed by atoms with E-state index >= 15 is 0 Å². The number of benzene rings is 11. The van der Waals surface area contributed by atoms with Crippen molar-refractivity contribution in [3.8, 4) is 34.3 Å². The van der Waals surface area contributed by atoms with Gasteiger partial charge in [-0.3, -0.25) is 0 Å². The summed E-state index contributed by atoms with van der Waals surface area (Å²) < 4.78 is 7.11. The second-order valence-corrected chi connectivity index (χ2v) is 22.5. The number of nitrogens with zero attached hydrogens (tertiary/aromatic N) is 4. The van der Waals surface area contributed by atoms with E-state index in [1.165, 1.54) is 31.5 Å². The molecule has 0 saturated heterocycles. The van der Waals surface area contributed by atoms with E-state index in [0.717, 1.165) is 82.8 Å². The second-order valence-electron chi connectivity index (χ2n) is 18.7. The molecular formula is C67H44N4Si. The van der Waals surface area contributed by atoms with E-state index < -0.39 is 8.07 Å². The molecule has 72 heavy (non-hydrogen) atoms. The summed E-state index contributed by atoms with van der Waals surface area (Å²) >= 11 is 0. The maximum absolute atomic E-state index is 11.8. The highest BCUT2D eigenvalue weighted by atomic mass is 28.3. The zero-order chi connectivity index (χ0) is 47.8. The van der Waals surface area contributed by atoms with Gasteiger partial charge in [0.2, 0.25) is 0 Å². The molecule has 0 amide bonds. The summed E-state index contributed by atoms with van der Waals surface area (Å²) in [6.07, 6.45) is 0. The molecule has 3 heterocycles. The Kier molecular flexibility index (Phi) is 9.57. The first-order chi connectivity index (χ1) is 35.7. The lowest BCUT2D eigenvalue weighted by Gasteiger charge is -2.35. The van der Waals surface area contributed by atoms with Crippen LogP contribution in [0.3, 0.4) is 0 Å². The molecule has 4 nitrogen and oxygen atoms in total. The summed E-state index contributed by atoms with van der Waals surface area (Å²) in [5.41, 5.74) is 11.8. The highest BCUT2D eigenvalue weighted by molar-refractivity contribution is 7.20. The van der Waals surface area contributed by atoms with Crippen LogP contribution < -0.4 is 20.7 Å². The molecule has 0 aliphatic rings. The van der Waals surface area contributed by atoms with Crippen LogP contribution >= 0.6 is 0 Å². The molecule has 0 radical (unpaired) electrons. The number of nitriles is 1.